The molecule has 2 fully saturated rings. The van der Waals surface area contributed by atoms with Crippen molar-refractivity contribution < 1.29 is 9.47 Å². The maximum absolute atomic E-state index is 5.91. The summed E-state index contributed by atoms with van der Waals surface area (Å²) in [7, 11) is 0. The van der Waals surface area contributed by atoms with Gasteiger partial charge in [0.05, 0.1) is 19.8 Å². The molecule has 1 spiro atoms. The van der Waals surface area contributed by atoms with E-state index in [9.17, 15) is 0 Å². The van der Waals surface area contributed by atoms with E-state index in [0.717, 1.165) is 38.5 Å². The van der Waals surface area contributed by atoms with E-state index < -0.39 is 0 Å². The van der Waals surface area contributed by atoms with E-state index in [2.05, 4.69) is 43.0 Å². The summed E-state index contributed by atoms with van der Waals surface area (Å²) in [5.74, 6) is 1.56. The highest BCUT2D eigenvalue weighted by atomic mass is 16.5. The lowest BCUT2D eigenvalue weighted by molar-refractivity contribution is -0.139. The van der Waals surface area contributed by atoms with Crippen molar-refractivity contribution in [2.45, 2.75) is 39.0 Å². The van der Waals surface area contributed by atoms with E-state index in [1.54, 1.807) is 0 Å². The molecule has 2 aliphatic heterocycles. The van der Waals surface area contributed by atoms with Gasteiger partial charge < -0.3 is 14.4 Å². The normalized spacial score (nSPS) is 21.0. The van der Waals surface area contributed by atoms with Crippen LogP contribution in [0.5, 0.6) is 5.75 Å². The highest BCUT2D eigenvalue weighted by Gasteiger charge is 2.40. The van der Waals surface area contributed by atoms with E-state index in [0.29, 0.717) is 11.3 Å². The third-order valence-electron chi connectivity index (χ3n) is 5.15. The van der Waals surface area contributed by atoms with Crippen LogP contribution >= 0.6 is 0 Å². The maximum Gasteiger partial charge on any atom is 0.119 e. The Morgan fingerprint density at radius 2 is 2.00 bits per heavy atom. The molecular formula is C19H29NO2. The zero-order valence-electron chi connectivity index (χ0n) is 14.0. The van der Waals surface area contributed by atoms with E-state index in [1.807, 2.05) is 0 Å². The largest absolute Gasteiger partial charge is 0.494 e. The number of rotatable bonds is 6. The minimum absolute atomic E-state index is 0.546. The summed E-state index contributed by atoms with van der Waals surface area (Å²) in [6.45, 7) is 10.8. The summed E-state index contributed by atoms with van der Waals surface area (Å²) >= 11 is 0. The van der Waals surface area contributed by atoms with Crippen molar-refractivity contribution >= 4 is 0 Å². The van der Waals surface area contributed by atoms with Crippen molar-refractivity contribution in [1.29, 1.82) is 0 Å². The van der Waals surface area contributed by atoms with E-state index in [4.69, 9.17) is 9.47 Å². The standard InChI is InChI=1S/C19H29NO2/c1-16(2)17-5-3-6-18(13-17)22-12-4-9-20-10-7-19(8-11-20)14-21-15-19/h3,5-6,13,16H,4,7-12,14-15H2,1-2H3. The van der Waals surface area contributed by atoms with Crippen LogP contribution in [0.4, 0.5) is 0 Å². The van der Waals surface area contributed by atoms with Crippen LogP contribution in [0.1, 0.15) is 44.6 Å². The number of hydrogen-bond donors (Lipinski definition) is 0. The van der Waals surface area contributed by atoms with Crippen LogP contribution in [-0.2, 0) is 4.74 Å². The predicted molar refractivity (Wildman–Crippen MR) is 89.6 cm³/mol. The lowest BCUT2D eigenvalue weighted by Gasteiger charge is -2.47. The van der Waals surface area contributed by atoms with Gasteiger partial charge in [-0.1, -0.05) is 26.0 Å². The average molecular weight is 303 g/mol. The van der Waals surface area contributed by atoms with Gasteiger partial charge in [-0.15, -0.1) is 0 Å². The second-order valence-corrected chi connectivity index (χ2v) is 7.26. The fourth-order valence-electron chi connectivity index (χ4n) is 3.37. The first kappa shape index (κ1) is 15.8. The lowest BCUT2D eigenvalue weighted by atomic mass is 9.77. The number of benzene rings is 1. The molecule has 0 amide bonds. The second kappa shape index (κ2) is 7.01. The van der Waals surface area contributed by atoms with Crippen LogP contribution < -0.4 is 4.74 Å². The van der Waals surface area contributed by atoms with Gasteiger partial charge >= 0.3 is 0 Å². The molecule has 2 saturated heterocycles. The monoisotopic (exact) mass is 303 g/mol. The summed E-state index contributed by atoms with van der Waals surface area (Å²) in [5, 5.41) is 0. The Labute approximate surface area is 134 Å². The summed E-state index contributed by atoms with van der Waals surface area (Å²) in [5.41, 5.74) is 1.89. The highest BCUT2D eigenvalue weighted by Crippen LogP contribution is 2.38. The number of ether oxygens (including phenoxy) is 2. The number of nitrogens with zero attached hydrogens (tertiary/aromatic N) is 1. The minimum atomic E-state index is 0.546. The molecule has 3 heteroatoms. The Kier molecular flexibility index (Phi) is 5.04. The van der Waals surface area contributed by atoms with Gasteiger partial charge in [-0.25, -0.2) is 0 Å². The first-order valence-electron chi connectivity index (χ1n) is 8.70. The van der Waals surface area contributed by atoms with Crippen LogP contribution in [0.25, 0.3) is 0 Å². The molecular weight excluding hydrogens is 274 g/mol. The quantitative estimate of drug-likeness (QED) is 0.748. The summed E-state index contributed by atoms with van der Waals surface area (Å²) in [6, 6.07) is 8.50. The molecule has 0 unspecified atom stereocenters. The van der Waals surface area contributed by atoms with Crippen molar-refractivity contribution in [2.75, 3.05) is 39.5 Å². The van der Waals surface area contributed by atoms with Gasteiger partial charge in [0.2, 0.25) is 0 Å². The first-order chi connectivity index (χ1) is 10.7. The summed E-state index contributed by atoms with van der Waals surface area (Å²) < 4.78 is 11.3. The Morgan fingerprint density at radius 3 is 2.64 bits per heavy atom. The molecule has 3 nitrogen and oxygen atoms in total. The average Bonchev–Trinajstić information content (AvgIpc) is 2.51. The zero-order chi connectivity index (χ0) is 15.4. The minimum Gasteiger partial charge on any atom is -0.494 e. The molecule has 122 valence electrons. The van der Waals surface area contributed by atoms with Crippen LogP contribution in [0, 0.1) is 5.41 Å². The van der Waals surface area contributed by atoms with E-state index >= 15 is 0 Å². The Hall–Kier alpha value is -1.06. The molecule has 0 aromatic heterocycles. The Bertz CT molecular complexity index is 472. The number of likely N-dealkylation sites (tertiary alicyclic amines) is 1. The van der Waals surface area contributed by atoms with Gasteiger partial charge in [0, 0.05) is 12.0 Å². The molecule has 1 aromatic rings. The van der Waals surface area contributed by atoms with Crippen molar-refractivity contribution in [2.24, 2.45) is 5.41 Å². The van der Waals surface area contributed by atoms with Gasteiger partial charge in [-0.2, -0.15) is 0 Å². The van der Waals surface area contributed by atoms with Gasteiger partial charge in [0.15, 0.2) is 0 Å². The van der Waals surface area contributed by atoms with Crippen LogP contribution in [0.15, 0.2) is 24.3 Å². The molecule has 0 saturated carbocycles. The molecule has 0 bridgehead atoms. The molecule has 1 aromatic carbocycles. The van der Waals surface area contributed by atoms with Crippen LogP contribution in [0.3, 0.4) is 0 Å². The molecule has 3 rings (SSSR count). The van der Waals surface area contributed by atoms with Crippen molar-refractivity contribution in [3.8, 4) is 5.75 Å². The maximum atomic E-state index is 5.91. The molecule has 0 atom stereocenters. The topological polar surface area (TPSA) is 21.7 Å². The predicted octanol–water partition coefficient (Wildman–Crippen LogP) is 3.69. The Morgan fingerprint density at radius 1 is 1.23 bits per heavy atom. The lowest BCUT2D eigenvalue weighted by Crippen LogP contribution is -2.51. The van der Waals surface area contributed by atoms with Crippen molar-refractivity contribution in [3.05, 3.63) is 29.8 Å². The molecule has 0 N–H and O–H groups in total. The SMILES string of the molecule is CC(C)c1cccc(OCCCN2CCC3(CC2)COC3)c1. The van der Waals surface area contributed by atoms with Crippen molar-refractivity contribution in [1.82, 2.24) is 4.90 Å². The smallest absolute Gasteiger partial charge is 0.119 e. The van der Waals surface area contributed by atoms with Crippen LogP contribution in [-0.4, -0.2) is 44.4 Å². The van der Waals surface area contributed by atoms with E-state index in [1.165, 1.54) is 31.5 Å². The molecule has 2 aliphatic rings. The molecule has 0 aliphatic carbocycles. The third-order valence-corrected chi connectivity index (χ3v) is 5.15. The highest BCUT2D eigenvalue weighted by molar-refractivity contribution is 5.30. The molecule has 2 heterocycles. The first-order valence-corrected chi connectivity index (χ1v) is 8.70. The molecule has 22 heavy (non-hydrogen) atoms. The Balaban J connectivity index is 1.34. The van der Waals surface area contributed by atoms with E-state index in [-0.39, 0.29) is 0 Å². The number of piperidine rings is 1. The molecule has 0 radical (unpaired) electrons. The van der Waals surface area contributed by atoms with Gasteiger partial charge in [0.1, 0.15) is 5.75 Å². The van der Waals surface area contributed by atoms with Gasteiger partial charge in [0.25, 0.3) is 0 Å². The van der Waals surface area contributed by atoms with Gasteiger partial charge in [-0.3, -0.25) is 0 Å². The second-order valence-electron chi connectivity index (χ2n) is 7.26. The fraction of sp³-hybridized carbons (Fsp3) is 0.684. The van der Waals surface area contributed by atoms with Crippen LogP contribution in [0.2, 0.25) is 0 Å². The van der Waals surface area contributed by atoms with Crippen molar-refractivity contribution in [3.63, 3.8) is 0 Å². The summed E-state index contributed by atoms with van der Waals surface area (Å²) in [6.07, 6.45) is 3.73. The summed E-state index contributed by atoms with van der Waals surface area (Å²) in [4.78, 5) is 2.58. The van der Waals surface area contributed by atoms with Gasteiger partial charge in [-0.05, 0) is 56.0 Å². The third kappa shape index (κ3) is 3.82. The zero-order valence-corrected chi connectivity index (χ0v) is 14.0. The fourth-order valence-corrected chi connectivity index (χ4v) is 3.37. The number of hydrogen-bond acceptors (Lipinski definition) is 3.